The lowest BCUT2D eigenvalue weighted by molar-refractivity contribution is -0.0714. The molecule has 2 aliphatic rings. The summed E-state index contributed by atoms with van der Waals surface area (Å²) in [6, 6.07) is 6.81. The summed E-state index contributed by atoms with van der Waals surface area (Å²) >= 11 is 0. The Balaban J connectivity index is 1.20. The van der Waals surface area contributed by atoms with Gasteiger partial charge in [0.25, 0.3) is 0 Å². The van der Waals surface area contributed by atoms with Crippen molar-refractivity contribution in [3.05, 3.63) is 52.9 Å². The number of rotatable bonds is 7. The third-order valence-electron chi connectivity index (χ3n) is 6.94. The van der Waals surface area contributed by atoms with Crippen LogP contribution in [0.25, 0.3) is 22.1 Å². The highest BCUT2D eigenvalue weighted by atomic mass is 31.2. The average molecular weight is 558 g/mol. The first-order valence-electron chi connectivity index (χ1n) is 12.5. The van der Waals surface area contributed by atoms with E-state index in [1.807, 2.05) is 26.0 Å². The molecule has 2 fully saturated rings. The topological polar surface area (TPSA) is 177 Å². The van der Waals surface area contributed by atoms with E-state index < -0.39 is 38.0 Å². The molecule has 0 amide bonds. The van der Waals surface area contributed by atoms with Crippen molar-refractivity contribution in [2.75, 3.05) is 30.3 Å². The molecule has 2 aliphatic heterocycles. The zero-order valence-electron chi connectivity index (χ0n) is 21.2. The first kappa shape index (κ1) is 25.9. The number of phosphoric ester groups is 1. The summed E-state index contributed by atoms with van der Waals surface area (Å²) in [5.41, 5.74) is 7.77. The molecule has 0 saturated carbocycles. The molecule has 6 rings (SSSR count). The lowest BCUT2D eigenvalue weighted by Crippen LogP contribution is -2.39. The van der Waals surface area contributed by atoms with Crippen LogP contribution in [-0.4, -0.2) is 62.6 Å². The predicted octanol–water partition coefficient (Wildman–Crippen LogP) is 2.36. The van der Waals surface area contributed by atoms with Gasteiger partial charge in [0.15, 0.2) is 17.7 Å². The van der Waals surface area contributed by atoms with E-state index in [1.165, 1.54) is 23.3 Å². The van der Waals surface area contributed by atoms with Crippen LogP contribution in [0.15, 0.2) is 46.1 Å². The number of aliphatic hydroxyl groups is 1. The number of phosphoric acid groups is 1. The molecule has 3 N–H and O–H groups in total. The fraction of sp³-hybridized carbons (Fsp3) is 0.417. The summed E-state index contributed by atoms with van der Waals surface area (Å²) in [5, 5.41) is 11.7. The fourth-order valence-electron chi connectivity index (χ4n) is 4.95. The molecule has 39 heavy (non-hydrogen) atoms. The average Bonchev–Trinajstić information content (AvgIpc) is 3.49. The van der Waals surface area contributed by atoms with Crippen molar-refractivity contribution in [2.45, 2.75) is 45.0 Å². The van der Waals surface area contributed by atoms with Gasteiger partial charge in [-0.25, -0.2) is 24.3 Å². The van der Waals surface area contributed by atoms with Crippen LogP contribution in [0, 0.1) is 0 Å². The number of hydrogen-bond acceptors (Lipinski definition) is 13. The van der Waals surface area contributed by atoms with Crippen LogP contribution < -0.4 is 16.3 Å². The lowest BCUT2D eigenvalue weighted by atomic mass is 10.1. The van der Waals surface area contributed by atoms with E-state index in [0.29, 0.717) is 27.7 Å². The number of fused-ring (bicyclic) bond motifs is 3. The molecule has 15 heteroatoms. The molecule has 0 radical (unpaired) electrons. The van der Waals surface area contributed by atoms with Gasteiger partial charge in [0.2, 0.25) is 0 Å². The summed E-state index contributed by atoms with van der Waals surface area (Å²) in [5.74, 6) is 0.188. The summed E-state index contributed by atoms with van der Waals surface area (Å²) in [6.07, 6.45) is -1.22. The minimum atomic E-state index is -4.12. The molecule has 14 nitrogen and oxygen atoms in total. The number of hydrogen-bond donors (Lipinski definition) is 2. The molecule has 206 valence electrons. The second kappa shape index (κ2) is 9.97. The highest BCUT2D eigenvalue weighted by Crippen LogP contribution is 2.57. The first-order chi connectivity index (χ1) is 18.8. The second-order valence-corrected chi connectivity index (χ2v) is 10.8. The molecule has 5 heterocycles. The maximum Gasteiger partial charge on any atom is 0.475 e. The number of nitrogen functional groups attached to an aromatic ring is 1. The zero-order valence-corrected chi connectivity index (χ0v) is 22.1. The third-order valence-corrected chi connectivity index (χ3v) is 8.35. The Kier molecular flexibility index (Phi) is 6.61. The summed E-state index contributed by atoms with van der Waals surface area (Å²) in [7, 11) is -4.12. The Morgan fingerprint density at radius 3 is 2.85 bits per heavy atom. The number of aliphatic hydroxyl groups excluding tert-OH is 1. The summed E-state index contributed by atoms with van der Waals surface area (Å²) in [6.45, 7) is 5.27. The molecule has 3 aromatic heterocycles. The number of aromatic nitrogens is 4. The molecule has 0 unspecified atom stereocenters. The van der Waals surface area contributed by atoms with Gasteiger partial charge in [0.05, 0.1) is 19.5 Å². The number of anilines is 2. The van der Waals surface area contributed by atoms with E-state index in [0.717, 1.165) is 18.8 Å². The highest BCUT2D eigenvalue weighted by molar-refractivity contribution is 7.48. The van der Waals surface area contributed by atoms with E-state index in [-0.39, 0.29) is 19.0 Å². The van der Waals surface area contributed by atoms with E-state index in [2.05, 4.69) is 19.9 Å². The van der Waals surface area contributed by atoms with Gasteiger partial charge >= 0.3 is 13.4 Å². The molecule has 0 bridgehead atoms. The van der Waals surface area contributed by atoms with Gasteiger partial charge in [-0.3, -0.25) is 18.1 Å². The number of imidazole rings is 1. The molecule has 2 saturated heterocycles. The summed E-state index contributed by atoms with van der Waals surface area (Å²) < 4.78 is 42.9. The van der Waals surface area contributed by atoms with Crippen molar-refractivity contribution in [1.82, 2.24) is 19.5 Å². The van der Waals surface area contributed by atoms with Gasteiger partial charge in [-0.1, -0.05) is 0 Å². The maximum absolute atomic E-state index is 13.4. The van der Waals surface area contributed by atoms with Gasteiger partial charge in [0, 0.05) is 36.3 Å². The molecule has 4 aromatic rings. The molecule has 0 spiro atoms. The van der Waals surface area contributed by atoms with Crippen molar-refractivity contribution in [3.8, 4) is 0 Å². The summed E-state index contributed by atoms with van der Waals surface area (Å²) in [4.78, 5) is 26.7. The molecule has 5 atom stereocenters. The van der Waals surface area contributed by atoms with Crippen LogP contribution in [0.3, 0.4) is 0 Å². The Bertz CT molecular complexity index is 1640. The quantitative estimate of drug-likeness (QED) is 0.250. The van der Waals surface area contributed by atoms with E-state index >= 15 is 0 Å². The van der Waals surface area contributed by atoms with Gasteiger partial charge in [0.1, 0.15) is 35.7 Å². The van der Waals surface area contributed by atoms with E-state index in [1.54, 1.807) is 6.07 Å². The minimum absolute atomic E-state index is 0.149. The monoisotopic (exact) mass is 558 g/mol. The smallest absolute Gasteiger partial charge is 0.423 e. The number of ether oxygens (including phenoxy) is 1. The molecular formula is C24H27N6O8P. The Hall–Kier alpha value is -3.39. The Morgan fingerprint density at radius 1 is 1.23 bits per heavy atom. The molecular weight excluding hydrogens is 531 g/mol. The zero-order chi connectivity index (χ0) is 27.3. The van der Waals surface area contributed by atoms with Crippen molar-refractivity contribution >= 4 is 41.5 Å². The van der Waals surface area contributed by atoms with E-state index in [4.69, 9.17) is 28.5 Å². The molecule has 0 aliphatic carbocycles. The third kappa shape index (κ3) is 4.58. The van der Waals surface area contributed by atoms with Gasteiger partial charge in [-0.05, 0) is 31.5 Å². The standard InChI is InChI=1S/C24H27N6O8P/c1-3-29(4-2)14-5-6-15-13(7-18(31)36-16(15)8-14)9-34-39(33)35-10-17-21(38-39)20(32)24(37-17)30-12-28-19-22(25)26-11-27-23(19)30/h5-8,11-12,17,20-21,24,32H,3-4,9-10H2,1-2H3,(H2,25,26,27)/t17-,20-,21-,24-,39-/m1/s1. The van der Waals surface area contributed by atoms with Crippen LogP contribution in [0.4, 0.5) is 11.5 Å². The Labute approximate surface area is 221 Å². The van der Waals surface area contributed by atoms with Gasteiger partial charge in [-0.2, -0.15) is 0 Å². The number of nitrogens with two attached hydrogens (primary N) is 1. The Morgan fingerprint density at radius 2 is 2.05 bits per heavy atom. The van der Waals surface area contributed by atoms with Crippen molar-refractivity contribution in [3.63, 3.8) is 0 Å². The van der Waals surface area contributed by atoms with Gasteiger partial charge < -0.3 is 24.9 Å². The predicted molar refractivity (Wildman–Crippen MR) is 139 cm³/mol. The van der Waals surface area contributed by atoms with Crippen LogP contribution in [0.2, 0.25) is 0 Å². The first-order valence-corrected chi connectivity index (χ1v) is 13.9. The van der Waals surface area contributed by atoms with Crippen molar-refractivity contribution in [2.24, 2.45) is 0 Å². The maximum atomic E-state index is 13.4. The van der Waals surface area contributed by atoms with Crippen molar-refractivity contribution in [1.29, 1.82) is 0 Å². The number of nitrogens with zero attached hydrogens (tertiary/aromatic N) is 5. The van der Waals surface area contributed by atoms with E-state index in [9.17, 15) is 14.5 Å². The lowest BCUT2D eigenvalue weighted by Gasteiger charge is -2.30. The normalized spacial score (nSPS) is 26.7. The van der Waals surface area contributed by atoms with Crippen LogP contribution in [-0.2, 0) is 29.5 Å². The SMILES string of the molecule is CCN(CC)c1ccc2c(CO[P@]3(=O)OC[C@H]4O[C@@H](n5cnc6c(N)ncnc65)[C@H](O)[C@@H]4O3)cc(=O)oc2c1. The van der Waals surface area contributed by atoms with Crippen molar-refractivity contribution < 1.29 is 32.4 Å². The molecule has 1 aromatic carbocycles. The highest BCUT2D eigenvalue weighted by Gasteiger charge is 2.53. The largest absolute Gasteiger partial charge is 0.475 e. The second-order valence-electron chi connectivity index (χ2n) is 9.17. The van der Waals surface area contributed by atoms with Crippen LogP contribution in [0.5, 0.6) is 0 Å². The minimum Gasteiger partial charge on any atom is -0.423 e. The van der Waals surface area contributed by atoms with Crippen LogP contribution >= 0.6 is 7.82 Å². The number of benzene rings is 1. The van der Waals surface area contributed by atoms with Crippen LogP contribution in [0.1, 0.15) is 25.6 Å². The fourth-order valence-corrected chi connectivity index (χ4v) is 6.34. The van der Waals surface area contributed by atoms with Gasteiger partial charge in [-0.15, -0.1) is 0 Å².